The molecule has 0 aliphatic carbocycles. The molecule has 0 aliphatic rings. The first-order valence-corrected chi connectivity index (χ1v) is 11.1. The Kier molecular flexibility index (Phi) is 3.84. The van der Waals surface area contributed by atoms with Crippen molar-refractivity contribution in [3.63, 3.8) is 0 Å². The third kappa shape index (κ3) is 2.69. The highest BCUT2D eigenvalue weighted by molar-refractivity contribution is 6.16. The second-order valence-corrected chi connectivity index (χ2v) is 8.29. The fraction of sp³-hybridized carbons (Fsp3) is 0. The van der Waals surface area contributed by atoms with Crippen LogP contribution in [0.25, 0.3) is 60.9 Å². The molecule has 0 atom stereocenters. The predicted molar refractivity (Wildman–Crippen MR) is 136 cm³/mol. The fourth-order valence-electron chi connectivity index (χ4n) is 4.89. The molecule has 4 aromatic carbocycles. The van der Waals surface area contributed by atoms with E-state index in [4.69, 9.17) is 9.97 Å². The Morgan fingerprint density at radius 1 is 0.455 bits per heavy atom. The van der Waals surface area contributed by atoms with Crippen LogP contribution in [0.3, 0.4) is 0 Å². The van der Waals surface area contributed by atoms with Gasteiger partial charge in [-0.3, -0.25) is 4.40 Å². The summed E-state index contributed by atoms with van der Waals surface area (Å²) >= 11 is 0. The highest BCUT2D eigenvalue weighted by Crippen LogP contribution is 2.37. The van der Waals surface area contributed by atoms with Gasteiger partial charge in [-0.2, -0.15) is 0 Å². The first-order chi connectivity index (χ1) is 16.4. The maximum Gasteiger partial charge on any atom is 0.162 e. The van der Waals surface area contributed by atoms with Crippen LogP contribution < -0.4 is 0 Å². The number of nitrogens with zero attached hydrogens (tertiary/aromatic N) is 3. The molecule has 0 unspecified atom stereocenters. The Balaban J connectivity index is 1.73. The van der Waals surface area contributed by atoms with Gasteiger partial charge in [-0.25, -0.2) is 9.97 Å². The van der Waals surface area contributed by atoms with Crippen LogP contribution >= 0.6 is 0 Å². The second kappa shape index (κ2) is 7.01. The number of rotatable bonds is 2. The van der Waals surface area contributed by atoms with Crippen LogP contribution in [0.2, 0.25) is 0 Å². The minimum Gasteiger partial charge on any atom is -0.293 e. The zero-order valence-electron chi connectivity index (χ0n) is 17.8. The highest BCUT2D eigenvalue weighted by atomic mass is 15.0. The molecule has 0 amide bonds. The van der Waals surface area contributed by atoms with Crippen molar-refractivity contribution in [2.75, 3.05) is 0 Å². The number of aromatic nitrogens is 3. The van der Waals surface area contributed by atoms with Gasteiger partial charge in [0.1, 0.15) is 5.65 Å². The monoisotopic (exact) mass is 421 g/mol. The molecule has 0 fully saturated rings. The maximum atomic E-state index is 5.13. The molecule has 3 heterocycles. The minimum absolute atomic E-state index is 0.735. The van der Waals surface area contributed by atoms with Crippen molar-refractivity contribution in [3.05, 3.63) is 115 Å². The highest BCUT2D eigenvalue weighted by Gasteiger charge is 2.18. The van der Waals surface area contributed by atoms with Crippen LogP contribution in [0, 0.1) is 0 Å². The van der Waals surface area contributed by atoms with Crippen LogP contribution in [-0.2, 0) is 0 Å². The van der Waals surface area contributed by atoms with E-state index in [1.165, 1.54) is 16.2 Å². The Hall–Kier alpha value is -4.50. The molecule has 0 saturated carbocycles. The lowest BCUT2D eigenvalue weighted by atomic mass is 10.0. The van der Waals surface area contributed by atoms with E-state index in [9.17, 15) is 0 Å². The number of benzene rings is 4. The molecule has 7 rings (SSSR count). The van der Waals surface area contributed by atoms with Crippen molar-refractivity contribution in [1.82, 2.24) is 14.4 Å². The molecule has 7 aromatic rings. The molecule has 33 heavy (non-hydrogen) atoms. The normalized spacial score (nSPS) is 11.6. The Morgan fingerprint density at radius 3 is 1.76 bits per heavy atom. The lowest BCUT2D eigenvalue weighted by Gasteiger charge is -2.10. The first-order valence-electron chi connectivity index (χ1n) is 11.1. The van der Waals surface area contributed by atoms with Crippen LogP contribution in [0.15, 0.2) is 115 Å². The van der Waals surface area contributed by atoms with E-state index in [-0.39, 0.29) is 0 Å². The summed E-state index contributed by atoms with van der Waals surface area (Å²) in [7, 11) is 0. The van der Waals surface area contributed by atoms with Crippen molar-refractivity contribution in [1.29, 1.82) is 0 Å². The topological polar surface area (TPSA) is 30.2 Å². The standard InChI is InChI=1S/C30H19N3/c1-3-11-20(12-4-1)28-25-19-27-24-17-8-7-15-22(24)23-16-9-10-18-26(23)33(27)30(25)32-29(31-28)21-13-5-2-6-14-21/h1-19H. The summed E-state index contributed by atoms with van der Waals surface area (Å²) in [6.45, 7) is 0. The molecule has 3 heteroatoms. The predicted octanol–water partition coefficient (Wildman–Crippen LogP) is 7.52. The van der Waals surface area contributed by atoms with Crippen molar-refractivity contribution in [2.24, 2.45) is 0 Å². The van der Waals surface area contributed by atoms with E-state index >= 15 is 0 Å². The molecular formula is C30H19N3. The van der Waals surface area contributed by atoms with Crippen molar-refractivity contribution in [3.8, 4) is 22.6 Å². The second-order valence-electron chi connectivity index (χ2n) is 8.29. The van der Waals surface area contributed by atoms with Gasteiger partial charge >= 0.3 is 0 Å². The van der Waals surface area contributed by atoms with Gasteiger partial charge in [0.15, 0.2) is 5.82 Å². The van der Waals surface area contributed by atoms with E-state index < -0.39 is 0 Å². The van der Waals surface area contributed by atoms with Gasteiger partial charge in [-0.1, -0.05) is 103 Å². The van der Waals surface area contributed by atoms with Crippen LogP contribution in [-0.4, -0.2) is 14.4 Å². The lowest BCUT2D eigenvalue weighted by molar-refractivity contribution is 1.18. The number of pyridine rings is 1. The Morgan fingerprint density at radius 2 is 1.03 bits per heavy atom. The number of hydrogen-bond acceptors (Lipinski definition) is 2. The van der Waals surface area contributed by atoms with Crippen LogP contribution in [0.4, 0.5) is 0 Å². The summed E-state index contributed by atoms with van der Waals surface area (Å²) in [6, 6.07) is 40.1. The van der Waals surface area contributed by atoms with Crippen LogP contribution in [0.5, 0.6) is 0 Å². The van der Waals surface area contributed by atoms with Crippen molar-refractivity contribution >= 4 is 38.2 Å². The van der Waals surface area contributed by atoms with E-state index in [0.717, 1.165) is 44.7 Å². The number of para-hydroxylation sites is 1. The molecule has 0 N–H and O–H groups in total. The largest absolute Gasteiger partial charge is 0.293 e. The van der Waals surface area contributed by atoms with Crippen molar-refractivity contribution in [2.45, 2.75) is 0 Å². The fourth-order valence-corrected chi connectivity index (χ4v) is 4.89. The summed E-state index contributed by atoms with van der Waals surface area (Å²) in [5, 5.41) is 4.75. The van der Waals surface area contributed by atoms with Gasteiger partial charge in [0.25, 0.3) is 0 Å². The summed E-state index contributed by atoms with van der Waals surface area (Å²) in [4.78, 5) is 10.2. The van der Waals surface area contributed by atoms with Gasteiger partial charge in [0.2, 0.25) is 0 Å². The van der Waals surface area contributed by atoms with Gasteiger partial charge in [-0.05, 0) is 17.5 Å². The summed E-state index contributed by atoms with van der Waals surface area (Å²) in [6.07, 6.45) is 0. The molecule has 0 radical (unpaired) electrons. The Labute approximate surface area is 190 Å². The van der Waals surface area contributed by atoms with Crippen LogP contribution in [0.1, 0.15) is 0 Å². The van der Waals surface area contributed by atoms with E-state index in [0.29, 0.717) is 0 Å². The number of hydrogen-bond donors (Lipinski definition) is 0. The summed E-state index contributed by atoms with van der Waals surface area (Å²) in [5.41, 5.74) is 6.29. The molecule has 0 aliphatic heterocycles. The molecule has 0 saturated heterocycles. The SMILES string of the molecule is c1ccc(-c2nc(-c3ccccc3)c3cc4c5ccccc5c5ccccc5n4c3n2)cc1. The van der Waals surface area contributed by atoms with Crippen molar-refractivity contribution < 1.29 is 0 Å². The van der Waals surface area contributed by atoms with Gasteiger partial charge in [-0.15, -0.1) is 0 Å². The molecule has 3 nitrogen and oxygen atoms in total. The molecule has 154 valence electrons. The molecule has 0 spiro atoms. The maximum absolute atomic E-state index is 5.13. The van der Waals surface area contributed by atoms with Gasteiger partial charge < -0.3 is 0 Å². The molecule has 0 bridgehead atoms. The van der Waals surface area contributed by atoms with Gasteiger partial charge in [0, 0.05) is 27.3 Å². The third-order valence-electron chi connectivity index (χ3n) is 6.38. The number of fused-ring (bicyclic) bond motifs is 8. The Bertz CT molecular complexity index is 1800. The average Bonchev–Trinajstić information content (AvgIpc) is 3.29. The molecular weight excluding hydrogens is 402 g/mol. The summed E-state index contributed by atoms with van der Waals surface area (Å²) in [5.74, 6) is 0.735. The zero-order valence-corrected chi connectivity index (χ0v) is 17.8. The average molecular weight is 422 g/mol. The lowest BCUT2D eigenvalue weighted by Crippen LogP contribution is -1.97. The molecule has 3 aromatic heterocycles. The van der Waals surface area contributed by atoms with E-state index in [1.807, 2.05) is 24.3 Å². The van der Waals surface area contributed by atoms with E-state index in [2.05, 4.69) is 95.4 Å². The minimum atomic E-state index is 0.735. The summed E-state index contributed by atoms with van der Waals surface area (Å²) < 4.78 is 2.30. The quantitative estimate of drug-likeness (QED) is 0.270. The van der Waals surface area contributed by atoms with E-state index in [1.54, 1.807) is 0 Å². The van der Waals surface area contributed by atoms with Gasteiger partial charge in [0.05, 0.1) is 16.7 Å². The smallest absolute Gasteiger partial charge is 0.162 e. The first kappa shape index (κ1) is 18.1. The third-order valence-corrected chi connectivity index (χ3v) is 6.38. The zero-order chi connectivity index (χ0) is 21.8.